The van der Waals surface area contributed by atoms with Crippen LogP contribution in [0.3, 0.4) is 0 Å². The van der Waals surface area contributed by atoms with Gasteiger partial charge in [-0.1, -0.05) is 65.2 Å². The molecule has 0 unspecified atom stereocenters. The number of hydrogen-bond donors (Lipinski definition) is 0. The summed E-state index contributed by atoms with van der Waals surface area (Å²) in [7, 11) is 0. The summed E-state index contributed by atoms with van der Waals surface area (Å²) < 4.78 is 0. The molecular formula is C16H28. The molecule has 0 aromatic carbocycles. The minimum absolute atomic E-state index is 1.05. The minimum Gasteiger partial charge on any atom is -0.103 e. The lowest BCUT2D eigenvalue weighted by molar-refractivity contribution is 0.601. The second-order valence-corrected chi connectivity index (χ2v) is 4.39. The highest BCUT2D eigenvalue weighted by molar-refractivity contribution is 4.98. The van der Waals surface area contributed by atoms with Crippen molar-refractivity contribution in [3.8, 4) is 11.8 Å². The van der Waals surface area contributed by atoms with E-state index in [9.17, 15) is 0 Å². The van der Waals surface area contributed by atoms with Gasteiger partial charge in [0, 0.05) is 12.8 Å². The van der Waals surface area contributed by atoms with Crippen LogP contribution in [0.4, 0.5) is 0 Å². The third-order valence-corrected chi connectivity index (χ3v) is 2.73. The molecule has 0 atom stereocenters. The molecule has 0 N–H and O–H groups in total. The summed E-state index contributed by atoms with van der Waals surface area (Å²) in [5, 5.41) is 0. The number of rotatable bonds is 10. The Balaban J connectivity index is 3.02. The molecule has 0 heteroatoms. The van der Waals surface area contributed by atoms with E-state index in [-0.39, 0.29) is 0 Å². The summed E-state index contributed by atoms with van der Waals surface area (Å²) in [5.74, 6) is 6.51. The van der Waals surface area contributed by atoms with Crippen LogP contribution in [-0.2, 0) is 0 Å². The van der Waals surface area contributed by atoms with Gasteiger partial charge in [-0.2, -0.15) is 0 Å². The Labute approximate surface area is 103 Å². The van der Waals surface area contributed by atoms with Gasteiger partial charge >= 0.3 is 0 Å². The summed E-state index contributed by atoms with van der Waals surface area (Å²) in [6.45, 7) is 7.67. The summed E-state index contributed by atoms with van der Waals surface area (Å²) in [6.07, 6.45) is 14.8. The first-order chi connectivity index (χ1) is 7.91. The van der Waals surface area contributed by atoms with Crippen molar-refractivity contribution >= 4 is 0 Å². The Morgan fingerprint density at radius 2 is 0.875 bits per heavy atom. The van der Waals surface area contributed by atoms with Crippen molar-refractivity contribution in [1.82, 2.24) is 0 Å². The van der Waals surface area contributed by atoms with Gasteiger partial charge in [-0.25, -0.2) is 0 Å². The predicted octanol–water partition coefficient (Wildman–Crippen LogP) is 5.34. The standard InChI is InChI=1S/C16H28/c1-3-5-7-9-11-13-15-16-14-12-10-8-6-4-2/h1-11,13,15-16H2. The molecule has 0 aliphatic rings. The summed E-state index contributed by atoms with van der Waals surface area (Å²) in [6, 6.07) is 0. The first kappa shape index (κ1) is 15.6. The van der Waals surface area contributed by atoms with E-state index in [0.717, 1.165) is 25.7 Å². The highest BCUT2D eigenvalue weighted by Crippen LogP contribution is 2.07. The smallest absolute Gasteiger partial charge is 0.00886 e. The second-order valence-electron chi connectivity index (χ2n) is 4.39. The first-order valence-electron chi connectivity index (χ1n) is 6.96. The normalized spacial score (nSPS) is 9.88. The molecule has 0 amide bonds. The number of hydrogen-bond acceptors (Lipinski definition) is 0. The monoisotopic (exact) mass is 220 g/mol. The molecule has 0 nitrogen and oxygen atoms in total. The van der Waals surface area contributed by atoms with Crippen molar-refractivity contribution in [2.45, 2.75) is 77.0 Å². The zero-order chi connectivity index (χ0) is 11.9. The molecule has 0 saturated carbocycles. The average Bonchev–Trinajstić information content (AvgIpc) is 2.31. The molecule has 0 aliphatic heterocycles. The van der Waals surface area contributed by atoms with E-state index in [4.69, 9.17) is 0 Å². The Hall–Kier alpha value is -0.440. The molecular weight excluding hydrogens is 192 g/mol. The molecule has 0 spiro atoms. The molecule has 0 heterocycles. The van der Waals surface area contributed by atoms with Crippen LogP contribution in [0.2, 0.25) is 0 Å². The maximum absolute atomic E-state index is 3.85. The van der Waals surface area contributed by atoms with Gasteiger partial charge in [0.05, 0.1) is 0 Å². The van der Waals surface area contributed by atoms with Crippen LogP contribution in [0.25, 0.3) is 0 Å². The predicted molar refractivity (Wildman–Crippen MR) is 73.9 cm³/mol. The fourth-order valence-electron chi connectivity index (χ4n) is 1.66. The van der Waals surface area contributed by atoms with E-state index in [2.05, 4.69) is 25.7 Å². The van der Waals surface area contributed by atoms with Gasteiger partial charge in [-0.05, 0) is 12.8 Å². The highest BCUT2D eigenvalue weighted by atomic mass is 13.9. The van der Waals surface area contributed by atoms with Crippen LogP contribution in [0.15, 0.2) is 0 Å². The molecule has 92 valence electrons. The van der Waals surface area contributed by atoms with Crippen LogP contribution in [-0.4, -0.2) is 0 Å². The van der Waals surface area contributed by atoms with Gasteiger partial charge in [0.25, 0.3) is 0 Å². The van der Waals surface area contributed by atoms with E-state index in [1.807, 2.05) is 0 Å². The van der Waals surface area contributed by atoms with E-state index in [1.54, 1.807) is 0 Å². The zero-order valence-electron chi connectivity index (χ0n) is 10.9. The highest BCUT2D eigenvalue weighted by Gasteiger charge is 1.89. The molecule has 0 aromatic heterocycles. The molecule has 0 aromatic rings. The van der Waals surface area contributed by atoms with Crippen molar-refractivity contribution in [3.05, 3.63) is 13.8 Å². The molecule has 0 aliphatic carbocycles. The van der Waals surface area contributed by atoms with Crippen LogP contribution < -0.4 is 0 Å². The molecule has 0 bridgehead atoms. The van der Waals surface area contributed by atoms with E-state index in [0.29, 0.717) is 0 Å². The Morgan fingerprint density at radius 1 is 0.500 bits per heavy atom. The Kier molecular flexibility index (Phi) is 14.2. The van der Waals surface area contributed by atoms with Gasteiger partial charge in [-0.3, -0.25) is 0 Å². The minimum atomic E-state index is 1.05. The maximum Gasteiger partial charge on any atom is 0.00886 e. The summed E-state index contributed by atoms with van der Waals surface area (Å²) in [4.78, 5) is 0. The molecule has 0 saturated heterocycles. The van der Waals surface area contributed by atoms with Gasteiger partial charge in [0.1, 0.15) is 0 Å². The lowest BCUT2D eigenvalue weighted by Gasteiger charge is -1.97. The Bertz CT molecular complexity index is 170. The van der Waals surface area contributed by atoms with Crippen LogP contribution in [0.5, 0.6) is 0 Å². The fourth-order valence-corrected chi connectivity index (χ4v) is 1.66. The van der Waals surface area contributed by atoms with Gasteiger partial charge in [-0.15, -0.1) is 11.8 Å². The molecule has 0 rings (SSSR count). The maximum atomic E-state index is 3.85. The third-order valence-electron chi connectivity index (χ3n) is 2.73. The summed E-state index contributed by atoms with van der Waals surface area (Å²) >= 11 is 0. The van der Waals surface area contributed by atoms with Crippen LogP contribution in [0.1, 0.15) is 77.0 Å². The third kappa shape index (κ3) is 13.6. The lowest BCUT2D eigenvalue weighted by atomic mass is 10.1. The average molecular weight is 220 g/mol. The van der Waals surface area contributed by atoms with Gasteiger partial charge in [0.2, 0.25) is 0 Å². The first-order valence-corrected chi connectivity index (χ1v) is 6.96. The van der Waals surface area contributed by atoms with E-state index >= 15 is 0 Å². The van der Waals surface area contributed by atoms with Crippen molar-refractivity contribution in [3.63, 3.8) is 0 Å². The van der Waals surface area contributed by atoms with E-state index in [1.165, 1.54) is 51.4 Å². The Morgan fingerprint density at radius 3 is 1.44 bits per heavy atom. The zero-order valence-corrected chi connectivity index (χ0v) is 10.9. The van der Waals surface area contributed by atoms with E-state index < -0.39 is 0 Å². The molecule has 16 heavy (non-hydrogen) atoms. The topological polar surface area (TPSA) is 0 Å². The van der Waals surface area contributed by atoms with Gasteiger partial charge < -0.3 is 0 Å². The van der Waals surface area contributed by atoms with Crippen molar-refractivity contribution < 1.29 is 0 Å². The van der Waals surface area contributed by atoms with Crippen molar-refractivity contribution in [2.75, 3.05) is 0 Å². The fraction of sp³-hybridized carbons (Fsp3) is 0.750. The lowest BCUT2D eigenvalue weighted by Crippen LogP contribution is -1.79. The van der Waals surface area contributed by atoms with Crippen molar-refractivity contribution in [2.24, 2.45) is 0 Å². The van der Waals surface area contributed by atoms with Crippen LogP contribution >= 0.6 is 0 Å². The SMILES string of the molecule is [CH2]CCCCC#CCCCCCCCC[CH2]. The van der Waals surface area contributed by atoms with Crippen molar-refractivity contribution in [1.29, 1.82) is 0 Å². The van der Waals surface area contributed by atoms with Crippen LogP contribution in [0, 0.1) is 25.7 Å². The quantitative estimate of drug-likeness (QED) is 0.344. The van der Waals surface area contributed by atoms with Gasteiger partial charge in [0.15, 0.2) is 0 Å². The summed E-state index contributed by atoms with van der Waals surface area (Å²) in [5.41, 5.74) is 0. The largest absolute Gasteiger partial charge is 0.103 e. The molecule has 0 fully saturated rings. The molecule has 2 radical (unpaired) electrons. The second kappa shape index (κ2) is 14.6. The number of unbranched alkanes of at least 4 members (excludes halogenated alkanes) is 10.